The third-order valence-corrected chi connectivity index (χ3v) is 2.76. The molecule has 0 spiro atoms. The predicted octanol–water partition coefficient (Wildman–Crippen LogP) is 2.59. The van der Waals surface area contributed by atoms with Crippen molar-refractivity contribution in [1.82, 2.24) is 0 Å². The van der Waals surface area contributed by atoms with Gasteiger partial charge in [0.2, 0.25) is 0 Å². The first kappa shape index (κ1) is 11.9. The molecule has 0 aliphatic carbocycles. The van der Waals surface area contributed by atoms with Crippen LogP contribution in [0.1, 0.15) is 16.7 Å². The van der Waals surface area contributed by atoms with E-state index in [1.54, 1.807) is 13.2 Å². The second-order valence-corrected chi connectivity index (χ2v) is 3.78. The zero-order chi connectivity index (χ0) is 11.6. The van der Waals surface area contributed by atoms with Crippen LogP contribution in [-0.4, -0.2) is 18.2 Å². The van der Waals surface area contributed by atoms with Crippen molar-refractivity contribution in [2.75, 3.05) is 7.11 Å². The first-order valence-corrected chi connectivity index (χ1v) is 4.89. The van der Waals surface area contributed by atoms with Crippen LogP contribution in [0.25, 0.3) is 0 Å². The molecule has 0 bridgehead atoms. The van der Waals surface area contributed by atoms with Crippen LogP contribution in [0, 0.1) is 13.8 Å². The van der Waals surface area contributed by atoms with Crippen molar-refractivity contribution in [2.24, 2.45) is 0 Å². The second kappa shape index (κ2) is 4.53. The van der Waals surface area contributed by atoms with Crippen LogP contribution in [0.3, 0.4) is 0 Å². The van der Waals surface area contributed by atoms with E-state index in [0.717, 1.165) is 11.1 Å². The van der Waals surface area contributed by atoms with Crippen LogP contribution in [0.4, 0.5) is 0 Å². The van der Waals surface area contributed by atoms with Crippen LogP contribution in [0.5, 0.6) is 5.75 Å². The van der Waals surface area contributed by atoms with Gasteiger partial charge in [0.05, 0.1) is 13.5 Å². The number of halogens is 1. The molecule has 0 heterocycles. The van der Waals surface area contributed by atoms with Gasteiger partial charge in [0.25, 0.3) is 0 Å². The summed E-state index contributed by atoms with van der Waals surface area (Å²) in [6, 6.07) is 1.68. The number of rotatable bonds is 3. The molecule has 1 aromatic rings. The van der Waals surface area contributed by atoms with Gasteiger partial charge in [-0.1, -0.05) is 11.6 Å². The number of ether oxygens (including phenoxy) is 1. The van der Waals surface area contributed by atoms with Gasteiger partial charge in [-0.05, 0) is 31.0 Å². The molecule has 0 aliphatic rings. The highest BCUT2D eigenvalue weighted by atomic mass is 35.5. The first-order valence-electron chi connectivity index (χ1n) is 4.51. The summed E-state index contributed by atoms with van der Waals surface area (Å²) in [6.45, 7) is 3.68. The molecule has 0 aliphatic heterocycles. The molecule has 0 saturated carbocycles. The summed E-state index contributed by atoms with van der Waals surface area (Å²) in [5.74, 6) is -0.209. The average molecular weight is 229 g/mol. The van der Waals surface area contributed by atoms with Crippen LogP contribution in [-0.2, 0) is 11.2 Å². The summed E-state index contributed by atoms with van der Waals surface area (Å²) in [7, 11) is 1.55. The highest BCUT2D eigenvalue weighted by Gasteiger charge is 2.13. The summed E-state index contributed by atoms with van der Waals surface area (Å²) in [5, 5.41) is 9.27. The number of carboxylic acid groups (broad SMARTS) is 1. The van der Waals surface area contributed by atoms with E-state index in [9.17, 15) is 4.79 Å². The molecule has 4 heteroatoms. The van der Waals surface area contributed by atoms with Crippen molar-refractivity contribution in [3.63, 3.8) is 0 Å². The van der Waals surface area contributed by atoms with Gasteiger partial charge in [0.15, 0.2) is 0 Å². The highest BCUT2D eigenvalue weighted by Crippen LogP contribution is 2.32. The third-order valence-electron chi connectivity index (χ3n) is 2.37. The largest absolute Gasteiger partial charge is 0.496 e. The Labute approximate surface area is 93.6 Å². The lowest BCUT2D eigenvalue weighted by Gasteiger charge is -2.13. The average Bonchev–Trinajstić information content (AvgIpc) is 2.14. The SMILES string of the molecule is COc1c(C)c(Cl)cc(CC(=O)O)c1C. The van der Waals surface area contributed by atoms with Gasteiger partial charge in [-0.15, -0.1) is 0 Å². The van der Waals surface area contributed by atoms with Crippen molar-refractivity contribution >= 4 is 17.6 Å². The Kier molecular flexibility index (Phi) is 3.58. The van der Waals surface area contributed by atoms with Crippen LogP contribution >= 0.6 is 11.6 Å². The number of carbonyl (C=O) groups is 1. The van der Waals surface area contributed by atoms with E-state index in [1.807, 2.05) is 13.8 Å². The molecular formula is C11H13ClO3. The zero-order valence-electron chi connectivity index (χ0n) is 8.93. The van der Waals surface area contributed by atoms with Crippen molar-refractivity contribution in [1.29, 1.82) is 0 Å². The molecule has 0 unspecified atom stereocenters. The van der Waals surface area contributed by atoms with Crippen LogP contribution < -0.4 is 4.74 Å². The number of aliphatic carboxylic acids is 1. The maximum atomic E-state index is 10.6. The molecule has 82 valence electrons. The van der Waals surface area contributed by atoms with E-state index in [1.165, 1.54) is 0 Å². The Hall–Kier alpha value is -1.22. The van der Waals surface area contributed by atoms with Crippen molar-refractivity contribution in [3.05, 3.63) is 27.8 Å². The smallest absolute Gasteiger partial charge is 0.307 e. The lowest BCUT2D eigenvalue weighted by atomic mass is 10.0. The first-order chi connectivity index (χ1) is 6.97. The van der Waals surface area contributed by atoms with Crippen LogP contribution in [0.15, 0.2) is 6.07 Å². The molecule has 3 nitrogen and oxygen atoms in total. The van der Waals surface area contributed by atoms with Gasteiger partial charge in [-0.2, -0.15) is 0 Å². The summed E-state index contributed by atoms with van der Waals surface area (Å²) in [6.07, 6.45) is -0.0395. The zero-order valence-corrected chi connectivity index (χ0v) is 9.68. The summed E-state index contributed by atoms with van der Waals surface area (Å²) in [5.41, 5.74) is 2.36. The van der Waals surface area contributed by atoms with Gasteiger partial charge in [0, 0.05) is 10.6 Å². The molecule has 1 rings (SSSR count). The van der Waals surface area contributed by atoms with E-state index < -0.39 is 5.97 Å². The van der Waals surface area contributed by atoms with Crippen LogP contribution in [0.2, 0.25) is 5.02 Å². The Morgan fingerprint density at radius 2 is 2.07 bits per heavy atom. The van der Waals surface area contributed by atoms with E-state index in [0.29, 0.717) is 16.3 Å². The quantitative estimate of drug-likeness (QED) is 0.865. The Morgan fingerprint density at radius 3 is 2.53 bits per heavy atom. The second-order valence-electron chi connectivity index (χ2n) is 3.37. The third kappa shape index (κ3) is 2.42. The van der Waals surface area contributed by atoms with Crippen molar-refractivity contribution < 1.29 is 14.6 Å². The highest BCUT2D eigenvalue weighted by molar-refractivity contribution is 6.31. The standard InChI is InChI=1S/C11H13ClO3/c1-6-8(5-10(13)14)4-9(12)7(2)11(6)15-3/h4H,5H2,1-3H3,(H,13,14). The molecule has 0 saturated heterocycles. The van der Waals surface area contributed by atoms with Gasteiger partial charge in [-0.3, -0.25) is 4.79 Å². The minimum absolute atomic E-state index is 0.0395. The number of hydrogen-bond acceptors (Lipinski definition) is 2. The maximum absolute atomic E-state index is 10.6. The summed E-state index contributed by atoms with van der Waals surface area (Å²) < 4.78 is 5.20. The molecule has 15 heavy (non-hydrogen) atoms. The predicted molar refractivity (Wildman–Crippen MR) is 58.8 cm³/mol. The minimum Gasteiger partial charge on any atom is -0.496 e. The minimum atomic E-state index is -0.875. The molecule has 0 atom stereocenters. The van der Waals surface area contributed by atoms with Crippen molar-refractivity contribution in [3.8, 4) is 5.75 Å². The van der Waals surface area contributed by atoms with E-state index in [-0.39, 0.29) is 6.42 Å². The number of benzene rings is 1. The Bertz CT molecular complexity index is 399. The fraction of sp³-hybridized carbons (Fsp3) is 0.364. The molecule has 0 amide bonds. The fourth-order valence-corrected chi connectivity index (χ4v) is 1.78. The molecule has 0 fully saturated rings. The normalized spacial score (nSPS) is 10.1. The van der Waals surface area contributed by atoms with E-state index in [2.05, 4.69) is 0 Å². The maximum Gasteiger partial charge on any atom is 0.307 e. The van der Waals surface area contributed by atoms with Gasteiger partial charge < -0.3 is 9.84 Å². The van der Waals surface area contributed by atoms with Gasteiger partial charge in [0.1, 0.15) is 5.75 Å². The monoisotopic (exact) mass is 228 g/mol. The van der Waals surface area contributed by atoms with Gasteiger partial charge >= 0.3 is 5.97 Å². The number of hydrogen-bond donors (Lipinski definition) is 1. The van der Waals surface area contributed by atoms with E-state index >= 15 is 0 Å². The number of methoxy groups -OCH3 is 1. The lowest BCUT2D eigenvalue weighted by Crippen LogP contribution is -2.04. The molecular weight excluding hydrogens is 216 g/mol. The van der Waals surface area contributed by atoms with Gasteiger partial charge in [-0.25, -0.2) is 0 Å². The summed E-state index contributed by atoms with van der Waals surface area (Å²) >= 11 is 5.98. The van der Waals surface area contributed by atoms with E-state index in [4.69, 9.17) is 21.4 Å². The Balaban J connectivity index is 3.30. The Morgan fingerprint density at radius 1 is 1.47 bits per heavy atom. The molecule has 0 aromatic heterocycles. The number of carboxylic acids is 1. The molecule has 0 radical (unpaired) electrons. The molecule has 1 N–H and O–H groups in total. The lowest BCUT2D eigenvalue weighted by molar-refractivity contribution is -0.136. The van der Waals surface area contributed by atoms with Crippen molar-refractivity contribution in [2.45, 2.75) is 20.3 Å². The fourth-order valence-electron chi connectivity index (χ4n) is 1.56. The summed E-state index contributed by atoms with van der Waals surface area (Å²) in [4.78, 5) is 10.6. The topological polar surface area (TPSA) is 46.5 Å². The molecule has 1 aromatic carbocycles.